The Morgan fingerprint density at radius 1 is 1.30 bits per heavy atom. The van der Waals surface area contributed by atoms with Crippen molar-refractivity contribution in [2.75, 3.05) is 26.2 Å². The minimum atomic E-state index is -0.436. The smallest absolute Gasteiger partial charge is 0.263 e. The standard InChI is InChI=1S/C16H24N2O2/c1-12-5-6-15(13(2)11-12)20-14(3)16(19)18-9-4-7-17-8-10-18/h5-6,11,14,17H,4,7-10H2,1-3H3. The van der Waals surface area contributed by atoms with E-state index in [2.05, 4.69) is 18.3 Å². The highest BCUT2D eigenvalue weighted by molar-refractivity contribution is 5.81. The first-order chi connectivity index (χ1) is 9.58. The van der Waals surface area contributed by atoms with Crippen LogP contribution in [0.3, 0.4) is 0 Å². The molecule has 1 aliphatic heterocycles. The van der Waals surface area contributed by atoms with E-state index in [1.165, 1.54) is 5.56 Å². The number of ether oxygens (including phenoxy) is 1. The van der Waals surface area contributed by atoms with E-state index in [0.717, 1.165) is 43.9 Å². The van der Waals surface area contributed by atoms with Gasteiger partial charge in [-0.3, -0.25) is 4.79 Å². The largest absolute Gasteiger partial charge is 0.481 e. The van der Waals surface area contributed by atoms with Crippen LogP contribution < -0.4 is 10.1 Å². The third-order valence-corrected chi connectivity index (χ3v) is 3.63. The summed E-state index contributed by atoms with van der Waals surface area (Å²) in [6.07, 6.45) is 0.566. The van der Waals surface area contributed by atoms with E-state index in [-0.39, 0.29) is 5.91 Å². The zero-order chi connectivity index (χ0) is 14.5. The van der Waals surface area contributed by atoms with Crippen molar-refractivity contribution in [3.8, 4) is 5.75 Å². The molecule has 4 nitrogen and oxygen atoms in total. The summed E-state index contributed by atoms with van der Waals surface area (Å²) >= 11 is 0. The number of nitrogens with one attached hydrogen (secondary N) is 1. The summed E-state index contributed by atoms with van der Waals surface area (Å²) in [7, 11) is 0. The van der Waals surface area contributed by atoms with Crippen molar-refractivity contribution in [3.63, 3.8) is 0 Å². The molecular weight excluding hydrogens is 252 g/mol. The molecule has 1 unspecified atom stereocenters. The van der Waals surface area contributed by atoms with Gasteiger partial charge in [0.05, 0.1) is 0 Å². The summed E-state index contributed by atoms with van der Waals surface area (Å²) in [5.41, 5.74) is 2.27. The van der Waals surface area contributed by atoms with E-state index in [1.807, 2.05) is 30.9 Å². The van der Waals surface area contributed by atoms with Crippen molar-refractivity contribution in [2.24, 2.45) is 0 Å². The molecule has 1 amide bonds. The van der Waals surface area contributed by atoms with E-state index in [4.69, 9.17) is 4.74 Å². The van der Waals surface area contributed by atoms with Crippen LogP contribution >= 0.6 is 0 Å². The molecule has 0 bridgehead atoms. The fourth-order valence-electron chi connectivity index (χ4n) is 2.50. The Hall–Kier alpha value is -1.55. The summed E-state index contributed by atoms with van der Waals surface area (Å²) in [5.74, 6) is 0.873. The quantitative estimate of drug-likeness (QED) is 0.916. The van der Waals surface area contributed by atoms with Gasteiger partial charge in [0.25, 0.3) is 5.91 Å². The molecule has 1 fully saturated rings. The van der Waals surface area contributed by atoms with Crippen molar-refractivity contribution in [1.29, 1.82) is 0 Å². The molecule has 0 aromatic heterocycles. The first kappa shape index (κ1) is 14.9. The Morgan fingerprint density at radius 3 is 2.85 bits per heavy atom. The lowest BCUT2D eigenvalue weighted by Gasteiger charge is -2.24. The minimum Gasteiger partial charge on any atom is -0.481 e. The third kappa shape index (κ3) is 3.73. The maximum atomic E-state index is 12.4. The fraction of sp³-hybridized carbons (Fsp3) is 0.562. The van der Waals surface area contributed by atoms with Gasteiger partial charge >= 0.3 is 0 Å². The molecule has 0 aliphatic carbocycles. The number of nitrogens with zero attached hydrogens (tertiary/aromatic N) is 1. The summed E-state index contributed by atoms with van der Waals surface area (Å²) in [6, 6.07) is 6.02. The number of hydrogen-bond donors (Lipinski definition) is 1. The van der Waals surface area contributed by atoms with Crippen LogP contribution in [-0.2, 0) is 4.79 Å². The summed E-state index contributed by atoms with van der Waals surface area (Å²) in [6.45, 7) is 9.31. The topological polar surface area (TPSA) is 41.6 Å². The minimum absolute atomic E-state index is 0.0775. The number of amides is 1. The van der Waals surface area contributed by atoms with E-state index < -0.39 is 6.10 Å². The Morgan fingerprint density at radius 2 is 2.10 bits per heavy atom. The van der Waals surface area contributed by atoms with E-state index >= 15 is 0 Å². The van der Waals surface area contributed by atoms with Gasteiger partial charge in [0.15, 0.2) is 6.10 Å². The second-order valence-corrected chi connectivity index (χ2v) is 5.46. The van der Waals surface area contributed by atoms with Crippen LogP contribution in [-0.4, -0.2) is 43.1 Å². The molecule has 20 heavy (non-hydrogen) atoms. The number of aryl methyl sites for hydroxylation is 2. The highest BCUT2D eigenvalue weighted by Gasteiger charge is 2.23. The lowest BCUT2D eigenvalue weighted by Crippen LogP contribution is -2.42. The van der Waals surface area contributed by atoms with Crippen LogP contribution in [0.1, 0.15) is 24.5 Å². The molecule has 1 aromatic carbocycles. The van der Waals surface area contributed by atoms with Crippen molar-refractivity contribution >= 4 is 5.91 Å². The van der Waals surface area contributed by atoms with E-state index in [9.17, 15) is 4.79 Å². The Bertz CT molecular complexity index is 466. The van der Waals surface area contributed by atoms with Crippen LogP contribution in [0.4, 0.5) is 0 Å². The van der Waals surface area contributed by atoms with Gasteiger partial charge in [-0.25, -0.2) is 0 Å². The van der Waals surface area contributed by atoms with Crippen LogP contribution in [0.15, 0.2) is 18.2 Å². The lowest BCUT2D eigenvalue weighted by molar-refractivity contribution is -0.137. The first-order valence-corrected chi connectivity index (χ1v) is 7.31. The van der Waals surface area contributed by atoms with Crippen LogP contribution in [0, 0.1) is 13.8 Å². The van der Waals surface area contributed by atoms with Crippen LogP contribution in [0.2, 0.25) is 0 Å². The molecule has 0 saturated carbocycles. The van der Waals surface area contributed by atoms with Gasteiger partial charge in [0, 0.05) is 19.6 Å². The van der Waals surface area contributed by atoms with Crippen molar-refractivity contribution in [2.45, 2.75) is 33.3 Å². The normalized spacial score (nSPS) is 17.4. The predicted octanol–water partition coefficient (Wildman–Crippen LogP) is 1.89. The molecule has 0 radical (unpaired) electrons. The Kier molecular flexibility index (Phi) is 5.01. The molecule has 1 aliphatic rings. The zero-order valence-electron chi connectivity index (χ0n) is 12.6. The Labute approximate surface area is 121 Å². The van der Waals surface area contributed by atoms with Gasteiger partial charge < -0.3 is 15.0 Å². The summed E-state index contributed by atoms with van der Waals surface area (Å²) in [5, 5.41) is 3.30. The summed E-state index contributed by atoms with van der Waals surface area (Å²) < 4.78 is 5.84. The van der Waals surface area contributed by atoms with Gasteiger partial charge in [0.2, 0.25) is 0 Å². The molecule has 1 saturated heterocycles. The molecule has 2 rings (SSSR count). The molecule has 0 spiro atoms. The molecule has 4 heteroatoms. The number of hydrogen-bond acceptors (Lipinski definition) is 3. The van der Waals surface area contributed by atoms with Crippen molar-refractivity contribution in [1.82, 2.24) is 10.2 Å². The van der Waals surface area contributed by atoms with Gasteiger partial charge in [-0.05, 0) is 45.4 Å². The molecule has 1 heterocycles. The van der Waals surface area contributed by atoms with E-state index in [0.29, 0.717) is 0 Å². The Balaban J connectivity index is 1.99. The molecular formula is C16H24N2O2. The van der Waals surface area contributed by atoms with Crippen LogP contribution in [0.5, 0.6) is 5.75 Å². The summed E-state index contributed by atoms with van der Waals surface area (Å²) in [4.78, 5) is 14.3. The highest BCUT2D eigenvalue weighted by Crippen LogP contribution is 2.20. The first-order valence-electron chi connectivity index (χ1n) is 7.31. The average molecular weight is 276 g/mol. The maximum Gasteiger partial charge on any atom is 0.263 e. The van der Waals surface area contributed by atoms with Crippen molar-refractivity contribution in [3.05, 3.63) is 29.3 Å². The van der Waals surface area contributed by atoms with Gasteiger partial charge in [0.1, 0.15) is 5.75 Å². The SMILES string of the molecule is Cc1ccc(OC(C)C(=O)N2CCCNCC2)c(C)c1. The number of benzene rings is 1. The molecule has 1 atom stereocenters. The number of carbonyl (C=O) groups is 1. The monoisotopic (exact) mass is 276 g/mol. The maximum absolute atomic E-state index is 12.4. The molecule has 110 valence electrons. The van der Waals surface area contributed by atoms with E-state index in [1.54, 1.807) is 0 Å². The third-order valence-electron chi connectivity index (χ3n) is 3.63. The van der Waals surface area contributed by atoms with Gasteiger partial charge in [-0.1, -0.05) is 17.7 Å². The highest BCUT2D eigenvalue weighted by atomic mass is 16.5. The number of carbonyl (C=O) groups excluding carboxylic acids is 1. The average Bonchev–Trinajstić information content (AvgIpc) is 2.70. The molecule has 1 N–H and O–H groups in total. The zero-order valence-corrected chi connectivity index (χ0v) is 12.6. The second-order valence-electron chi connectivity index (χ2n) is 5.46. The molecule has 1 aromatic rings. The van der Waals surface area contributed by atoms with Crippen molar-refractivity contribution < 1.29 is 9.53 Å². The van der Waals surface area contributed by atoms with Gasteiger partial charge in [-0.15, -0.1) is 0 Å². The predicted molar refractivity (Wildman–Crippen MR) is 80.1 cm³/mol. The number of rotatable bonds is 3. The second kappa shape index (κ2) is 6.75. The van der Waals surface area contributed by atoms with Crippen LogP contribution in [0.25, 0.3) is 0 Å². The fourth-order valence-corrected chi connectivity index (χ4v) is 2.50. The van der Waals surface area contributed by atoms with Gasteiger partial charge in [-0.2, -0.15) is 0 Å². The lowest BCUT2D eigenvalue weighted by atomic mass is 10.1.